The highest BCUT2D eigenvalue weighted by atomic mass is 32.1. The zero-order valence-electron chi connectivity index (χ0n) is 13.9. The van der Waals surface area contributed by atoms with Gasteiger partial charge in [0.05, 0.1) is 15.2 Å². The molecule has 2 aromatic carbocycles. The Morgan fingerprint density at radius 3 is 2.52 bits per heavy atom. The van der Waals surface area contributed by atoms with Crippen molar-refractivity contribution in [2.45, 2.75) is 19.9 Å². The number of carbonyl (C=O) groups is 2. The second-order valence-electron chi connectivity index (χ2n) is 5.69. The van der Waals surface area contributed by atoms with E-state index in [1.165, 1.54) is 11.6 Å². The van der Waals surface area contributed by atoms with Gasteiger partial charge in [-0.15, -0.1) is 11.3 Å². The molecule has 0 aliphatic carbocycles. The summed E-state index contributed by atoms with van der Waals surface area (Å²) in [5.41, 5.74) is 2.57. The highest BCUT2D eigenvalue weighted by Crippen LogP contribution is 2.21. The Kier molecular flexibility index (Phi) is 5.40. The number of aromatic nitrogens is 1. The van der Waals surface area contributed by atoms with E-state index in [4.69, 9.17) is 0 Å². The van der Waals surface area contributed by atoms with Crippen LogP contribution in [0.5, 0.6) is 0 Å². The molecule has 0 fully saturated rings. The van der Waals surface area contributed by atoms with Gasteiger partial charge in [0.2, 0.25) is 5.91 Å². The highest BCUT2D eigenvalue weighted by molar-refractivity contribution is 7.18. The highest BCUT2D eigenvalue weighted by Gasteiger charge is 2.07. The van der Waals surface area contributed by atoms with Crippen molar-refractivity contribution in [3.05, 3.63) is 64.7 Å². The van der Waals surface area contributed by atoms with Crippen molar-refractivity contribution in [1.29, 1.82) is 0 Å². The van der Waals surface area contributed by atoms with Gasteiger partial charge in [-0.1, -0.05) is 24.3 Å². The van der Waals surface area contributed by atoms with Crippen LogP contribution in [0.3, 0.4) is 0 Å². The molecule has 0 saturated carbocycles. The summed E-state index contributed by atoms with van der Waals surface area (Å²) in [6, 6.07) is 15.3. The summed E-state index contributed by atoms with van der Waals surface area (Å²) >= 11 is 1.66. The van der Waals surface area contributed by atoms with Crippen molar-refractivity contribution >= 4 is 33.4 Å². The van der Waals surface area contributed by atoms with Gasteiger partial charge >= 0.3 is 0 Å². The van der Waals surface area contributed by atoms with Crippen molar-refractivity contribution in [2.24, 2.45) is 0 Å². The van der Waals surface area contributed by atoms with E-state index in [2.05, 4.69) is 21.7 Å². The van der Waals surface area contributed by atoms with E-state index in [9.17, 15) is 9.59 Å². The van der Waals surface area contributed by atoms with Crippen molar-refractivity contribution in [1.82, 2.24) is 15.6 Å². The first kappa shape index (κ1) is 17.1. The third-order valence-electron chi connectivity index (χ3n) is 3.72. The Morgan fingerprint density at radius 1 is 1.04 bits per heavy atom. The third kappa shape index (κ3) is 4.64. The number of amides is 2. The molecule has 0 aliphatic rings. The van der Waals surface area contributed by atoms with Crippen LogP contribution in [0.1, 0.15) is 27.9 Å². The summed E-state index contributed by atoms with van der Waals surface area (Å²) in [5.74, 6) is -0.177. The standard InChI is InChI=1S/C19H19N3O2S/c1-13(23)21-12-14-6-8-15(9-7-14)19(24)20-11-10-18-22-16-4-2-3-5-17(16)25-18/h2-9H,10-12H2,1H3,(H,20,24)(H,21,23). The number of nitrogens with one attached hydrogen (secondary N) is 2. The van der Waals surface area contributed by atoms with Gasteiger partial charge in [0.1, 0.15) is 0 Å². The molecule has 2 amide bonds. The predicted molar refractivity (Wildman–Crippen MR) is 99.6 cm³/mol. The van der Waals surface area contributed by atoms with Gasteiger partial charge in [0, 0.05) is 32.0 Å². The van der Waals surface area contributed by atoms with E-state index in [0.717, 1.165) is 16.1 Å². The maximum absolute atomic E-state index is 12.2. The molecule has 3 aromatic rings. The first-order valence-electron chi connectivity index (χ1n) is 8.08. The summed E-state index contributed by atoms with van der Waals surface area (Å²) in [6.07, 6.45) is 0.714. The van der Waals surface area contributed by atoms with Crippen LogP contribution in [-0.2, 0) is 17.8 Å². The Hall–Kier alpha value is -2.73. The Labute approximate surface area is 150 Å². The van der Waals surface area contributed by atoms with Gasteiger partial charge in [-0.05, 0) is 29.8 Å². The van der Waals surface area contributed by atoms with Gasteiger partial charge in [0.25, 0.3) is 5.91 Å². The average molecular weight is 353 g/mol. The molecule has 0 unspecified atom stereocenters. The third-order valence-corrected chi connectivity index (χ3v) is 4.82. The zero-order chi connectivity index (χ0) is 17.6. The number of para-hydroxylation sites is 1. The largest absolute Gasteiger partial charge is 0.352 e. The number of thiazole rings is 1. The minimum atomic E-state index is -0.104. The summed E-state index contributed by atoms with van der Waals surface area (Å²) in [5, 5.41) is 6.67. The van der Waals surface area contributed by atoms with Crippen LogP contribution in [0.2, 0.25) is 0 Å². The summed E-state index contributed by atoms with van der Waals surface area (Å²) in [4.78, 5) is 27.7. The number of fused-ring (bicyclic) bond motifs is 1. The molecule has 1 aromatic heterocycles. The molecule has 0 saturated heterocycles. The van der Waals surface area contributed by atoms with Gasteiger partial charge < -0.3 is 10.6 Å². The van der Waals surface area contributed by atoms with Crippen molar-refractivity contribution in [3.8, 4) is 0 Å². The van der Waals surface area contributed by atoms with Gasteiger partial charge in [-0.2, -0.15) is 0 Å². The molecule has 0 radical (unpaired) electrons. The predicted octanol–water partition coefficient (Wildman–Crippen LogP) is 2.90. The van der Waals surface area contributed by atoms with Crippen LogP contribution >= 0.6 is 11.3 Å². The molecule has 2 N–H and O–H groups in total. The lowest BCUT2D eigenvalue weighted by atomic mass is 10.1. The molecule has 25 heavy (non-hydrogen) atoms. The monoisotopic (exact) mass is 353 g/mol. The topological polar surface area (TPSA) is 71.1 Å². The fourth-order valence-corrected chi connectivity index (χ4v) is 3.38. The van der Waals surface area contributed by atoms with Crippen LogP contribution in [0, 0.1) is 0 Å². The molecule has 1 heterocycles. The quantitative estimate of drug-likeness (QED) is 0.716. The van der Waals surface area contributed by atoms with Crippen LogP contribution < -0.4 is 10.6 Å². The van der Waals surface area contributed by atoms with Gasteiger partial charge in [-0.3, -0.25) is 9.59 Å². The Morgan fingerprint density at radius 2 is 1.80 bits per heavy atom. The fourth-order valence-electron chi connectivity index (χ4n) is 2.41. The lowest BCUT2D eigenvalue weighted by Crippen LogP contribution is -2.25. The zero-order valence-corrected chi connectivity index (χ0v) is 14.7. The molecule has 0 spiro atoms. The van der Waals surface area contributed by atoms with Crippen LogP contribution in [0.15, 0.2) is 48.5 Å². The molecule has 0 bridgehead atoms. The second kappa shape index (κ2) is 7.90. The molecule has 3 rings (SSSR count). The van der Waals surface area contributed by atoms with Crippen LogP contribution in [-0.4, -0.2) is 23.3 Å². The minimum absolute atomic E-state index is 0.0725. The lowest BCUT2D eigenvalue weighted by Gasteiger charge is -2.06. The summed E-state index contributed by atoms with van der Waals surface area (Å²) in [7, 11) is 0. The number of hydrogen-bond donors (Lipinski definition) is 2. The normalized spacial score (nSPS) is 10.6. The molecule has 0 aliphatic heterocycles. The fraction of sp³-hybridized carbons (Fsp3) is 0.211. The van der Waals surface area contributed by atoms with E-state index in [-0.39, 0.29) is 11.8 Å². The first-order chi connectivity index (χ1) is 12.1. The smallest absolute Gasteiger partial charge is 0.251 e. The molecular formula is C19H19N3O2S. The molecule has 5 nitrogen and oxygen atoms in total. The van der Waals surface area contributed by atoms with Crippen molar-refractivity contribution in [3.63, 3.8) is 0 Å². The van der Waals surface area contributed by atoms with Crippen molar-refractivity contribution in [2.75, 3.05) is 6.54 Å². The first-order valence-corrected chi connectivity index (χ1v) is 8.89. The number of nitrogens with zero attached hydrogens (tertiary/aromatic N) is 1. The lowest BCUT2D eigenvalue weighted by molar-refractivity contribution is -0.119. The van der Waals surface area contributed by atoms with E-state index in [1.54, 1.807) is 23.5 Å². The van der Waals surface area contributed by atoms with E-state index >= 15 is 0 Å². The van der Waals surface area contributed by atoms with E-state index in [1.807, 2.05) is 30.3 Å². The van der Waals surface area contributed by atoms with Crippen LogP contribution in [0.25, 0.3) is 10.2 Å². The van der Waals surface area contributed by atoms with Crippen LogP contribution in [0.4, 0.5) is 0 Å². The van der Waals surface area contributed by atoms with E-state index in [0.29, 0.717) is 25.1 Å². The number of benzene rings is 2. The maximum atomic E-state index is 12.2. The molecule has 128 valence electrons. The molecule has 6 heteroatoms. The minimum Gasteiger partial charge on any atom is -0.352 e. The van der Waals surface area contributed by atoms with Gasteiger partial charge in [-0.25, -0.2) is 4.98 Å². The number of rotatable bonds is 6. The molecule has 0 atom stereocenters. The average Bonchev–Trinajstić information content (AvgIpc) is 3.03. The Balaban J connectivity index is 1.51. The second-order valence-corrected chi connectivity index (χ2v) is 6.80. The Bertz CT molecular complexity index is 854. The number of hydrogen-bond acceptors (Lipinski definition) is 4. The molecular weight excluding hydrogens is 334 g/mol. The maximum Gasteiger partial charge on any atom is 0.251 e. The van der Waals surface area contributed by atoms with Crippen molar-refractivity contribution < 1.29 is 9.59 Å². The summed E-state index contributed by atoms with van der Waals surface area (Å²) in [6.45, 7) is 2.49. The summed E-state index contributed by atoms with van der Waals surface area (Å²) < 4.78 is 1.17. The van der Waals surface area contributed by atoms with E-state index < -0.39 is 0 Å². The van der Waals surface area contributed by atoms with Gasteiger partial charge in [0.15, 0.2) is 0 Å². The SMILES string of the molecule is CC(=O)NCc1ccc(C(=O)NCCc2nc3ccccc3s2)cc1. The number of carbonyl (C=O) groups excluding carboxylic acids is 2.